The molecule has 1 fully saturated rings. The average molecular weight is 255 g/mol. The smallest absolute Gasteiger partial charge is 0.242 e. The summed E-state index contributed by atoms with van der Waals surface area (Å²) in [5, 5.41) is 7.94. The first-order valence-corrected chi connectivity index (χ1v) is 6.24. The summed E-state index contributed by atoms with van der Waals surface area (Å²) in [6.07, 6.45) is 2.47. The van der Waals surface area contributed by atoms with Gasteiger partial charge in [0.05, 0.1) is 5.92 Å². The van der Waals surface area contributed by atoms with Crippen molar-refractivity contribution in [3.63, 3.8) is 0 Å². The van der Waals surface area contributed by atoms with Crippen LogP contribution in [0.25, 0.3) is 0 Å². The van der Waals surface area contributed by atoms with E-state index in [0.29, 0.717) is 0 Å². The van der Waals surface area contributed by atoms with Crippen LogP contribution in [0.15, 0.2) is 0 Å². The quantitative estimate of drug-likeness (QED) is 0.635. The molecule has 0 bridgehead atoms. The Morgan fingerprint density at radius 1 is 1.22 bits per heavy atom. The molecule has 0 aliphatic heterocycles. The van der Waals surface area contributed by atoms with Gasteiger partial charge in [-0.15, -0.1) is 0 Å². The molecule has 0 heterocycles. The molecule has 0 aromatic rings. The second-order valence-corrected chi connectivity index (χ2v) is 4.69. The standard InChI is InChI=1S/C12H21N3O3/c1-7(11(17)13-3)14-12(18)9-5-4-6-10(9)15-8(2)16/h7,9-10H,4-6H2,1-3H3,(H,13,17)(H,14,18)(H,15,16)/t7-,9-,10-/m0/s1. The molecule has 0 spiro atoms. The number of carbonyl (C=O) groups is 3. The summed E-state index contributed by atoms with van der Waals surface area (Å²) in [6, 6.07) is -0.666. The van der Waals surface area contributed by atoms with Crippen molar-refractivity contribution >= 4 is 17.7 Å². The SMILES string of the molecule is CNC(=O)[C@H](C)NC(=O)[C@H]1CCC[C@@H]1NC(C)=O. The van der Waals surface area contributed by atoms with Gasteiger partial charge in [0, 0.05) is 20.0 Å². The van der Waals surface area contributed by atoms with Crippen molar-refractivity contribution in [2.75, 3.05) is 7.05 Å². The van der Waals surface area contributed by atoms with E-state index in [1.165, 1.54) is 14.0 Å². The van der Waals surface area contributed by atoms with E-state index in [1.807, 2.05) is 0 Å². The van der Waals surface area contributed by atoms with Gasteiger partial charge in [-0.2, -0.15) is 0 Å². The lowest BCUT2D eigenvalue weighted by Gasteiger charge is -2.21. The van der Waals surface area contributed by atoms with E-state index in [4.69, 9.17) is 0 Å². The van der Waals surface area contributed by atoms with Crippen LogP contribution in [0.3, 0.4) is 0 Å². The lowest BCUT2D eigenvalue weighted by molar-refractivity contribution is -0.131. The first-order valence-electron chi connectivity index (χ1n) is 6.24. The van der Waals surface area contributed by atoms with Gasteiger partial charge < -0.3 is 16.0 Å². The molecular formula is C12H21N3O3. The van der Waals surface area contributed by atoms with E-state index >= 15 is 0 Å². The van der Waals surface area contributed by atoms with Crippen LogP contribution in [0.2, 0.25) is 0 Å². The summed E-state index contributed by atoms with van der Waals surface area (Å²) in [6.45, 7) is 3.08. The Balaban J connectivity index is 2.55. The van der Waals surface area contributed by atoms with Crippen molar-refractivity contribution in [1.82, 2.24) is 16.0 Å². The largest absolute Gasteiger partial charge is 0.357 e. The zero-order chi connectivity index (χ0) is 13.7. The van der Waals surface area contributed by atoms with Gasteiger partial charge in [0.25, 0.3) is 0 Å². The van der Waals surface area contributed by atoms with Gasteiger partial charge in [0.1, 0.15) is 6.04 Å². The van der Waals surface area contributed by atoms with Crippen LogP contribution in [-0.4, -0.2) is 36.9 Å². The molecule has 6 nitrogen and oxygen atoms in total. The highest BCUT2D eigenvalue weighted by Gasteiger charge is 2.34. The van der Waals surface area contributed by atoms with Crippen LogP contribution in [0.1, 0.15) is 33.1 Å². The second kappa shape index (κ2) is 6.37. The summed E-state index contributed by atoms with van der Waals surface area (Å²) in [5.41, 5.74) is 0. The molecule has 1 aliphatic carbocycles. The van der Waals surface area contributed by atoms with Gasteiger partial charge in [-0.25, -0.2) is 0 Å². The molecule has 1 saturated carbocycles. The topological polar surface area (TPSA) is 87.3 Å². The highest BCUT2D eigenvalue weighted by Crippen LogP contribution is 2.25. The van der Waals surface area contributed by atoms with Crippen molar-refractivity contribution in [2.24, 2.45) is 5.92 Å². The van der Waals surface area contributed by atoms with Crippen LogP contribution < -0.4 is 16.0 Å². The average Bonchev–Trinajstić information content (AvgIpc) is 2.74. The molecular weight excluding hydrogens is 234 g/mol. The molecule has 1 rings (SSSR count). The molecule has 6 heteroatoms. The van der Waals surface area contributed by atoms with Crippen LogP contribution >= 0.6 is 0 Å². The van der Waals surface area contributed by atoms with E-state index in [-0.39, 0.29) is 29.7 Å². The molecule has 0 unspecified atom stereocenters. The first-order chi connectivity index (χ1) is 8.45. The predicted octanol–water partition coefficient (Wildman–Crippen LogP) is -0.458. The number of likely N-dealkylation sites (N-methyl/N-ethyl adjacent to an activating group) is 1. The van der Waals surface area contributed by atoms with Crippen LogP contribution in [0.5, 0.6) is 0 Å². The third-order valence-corrected chi connectivity index (χ3v) is 3.24. The summed E-state index contributed by atoms with van der Waals surface area (Å²) < 4.78 is 0. The highest BCUT2D eigenvalue weighted by atomic mass is 16.2. The number of amides is 3. The monoisotopic (exact) mass is 255 g/mol. The van der Waals surface area contributed by atoms with E-state index in [2.05, 4.69) is 16.0 Å². The molecule has 0 radical (unpaired) electrons. The third-order valence-electron chi connectivity index (χ3n) is 3.24. The number of hydrogen-bond acceptors (Lipinski definition) is 3. The van der Waals surface area contributed by atoms with Crippen LogP contribution in [0, 0.1) is 5.92 Å². The Bertz CT molecular complexity index is 343. The lowest BCUT2D eigenvalue weighted by atomic mass is 10.0. The minimum atomic E-state index is -0.555. The van der Waals surface area contributed by atoms with Gasteiger partial charge >= 0.3 is 0 Å². The molecule has 3 amide bonds. The minimum absolute atomic E-state index is 0.112. The fraction of sp³-hybridized carbons (Fsp3) is 0.750. The van der Waals surface area contributed by atoms with E-state index in [1.54, 1.807) is 6.92 Å². The van der Waals surface area contributed by atoms with E-state index in [9.17, 15) is 14.4 Å². The first kappa shape index (κ1) is 14.5. The molecule has 0 saturated heterocycles. The number of rotatable bonds is 4. The van der Waals surface area contributed by atoms with Crippen LogP contribution in [0.4, 0.5) is 0 Å². The van der Waals surface area contributed by atoms with Crippen molar-refractivity contribution < 1.29 is 14.4 Å². The maximum Gasteiger partial charge on any atom is 0.242 e. The lowest BCUT2D eigenvalue weighted by Crippen LogP contribution is -2.49. The molecule has 0 aromatic heterocycles. The Kier molecular flexibility index (Phi) is 5.12. The minimum Gasteiger partial charge on any atom is -0.357 e. The van der Waals surface area contributed by atoms with Gasteiger partial charge in [-0.3, -0.25) is 14.4 Å². The van der Waals surface area contributed by atoms with Crippen molar-refractivity contribution in [1.29, 1.82) is 0 Å². The molecule has 0 aromatic carbocycles. The van der Waals surface area contributed by atoms with Gasteiger partial charge in [-0.1, -0.05) is 6.42 Å². The fourth-order valence-corrected chi connectivity index (χ4v) is 2.31. The molecule has 1 aliphatic rings. The summed E-state index contributed by atoms with van der Waals surface area (Å²) in [4.78, 5) is 34.4. The summed E-state index contributed by atoms with van der Waals surface area (Å²) in [5.74, 6) is -0.750. The number of hydrogen-bond donors (Lipinski definition) is 3. The second-order valence-electron chi connectivity index (χ2n) is 4.69. The van der Waals surface area contributed by atoms with Crippen LogP contribution in [-0.2, 0) is 14.4 Å². The Hall–Kier alpha value is -1.59. The van der Waals surface area contributed by atoms with Crippen molar-refractivity contribution in [2.45, 2.75) is 45.2 Å². The Morgan fingerprint density at radius 3 is 2.44 bits per heavy atom. The number of nitrogens with one attached hydrogen (secondary N) is 3. The molecule has 3 N–H and O–H groups in total. The maximum atomic E-state index is 12.0. The molecule has 3 atom stereocenters. The molecule has 102 valence electrons. The van der Waals surface area contributed by atoms with Gasteiger partial charge in [0.15, 0.2) is 0 Å². The zero-order valence-electron chi connectivity index (χ0n) is 11.1. The normalized spacial score (nSPS) is 24.2. The van der Waals surface area contributed by atoms with Gasteiger partial charge in [-0.05, 0) is 19.8 Å². The Labute approximate surface area is 107 Å². The maximum absolute atomic E-state index is 12.0. The summed E-state index contributed by atoms with van der Waals surface area (Å²) in [7, 11) is 1.53. The molecule has 18 heavy (non-hydrogen) atoms. The van der Waals surface area contributed by atoms with Crippen molar-refractivity contribution in [3.8, 4) is 0 Å². The Morgan fingerprint density at radius 2 is 1.89 bits per heavy atom. The third kappa shape index (κ3) is 3.72. The van der Waals surface area contributed by atoms with Gasteiger partial charge in [0.2, 0.25) is 17.7 Å². The summed E-state index contributed by atoms with van der Waals surface area (Å²) >= 11 is 0. The van der Waals surface area contributed by atoms with E-state index < -0.39 is 6.04 Å². The highest BCUT2D eigenvalue weighted by molar-refractivity contribution is 5.88. The number of carbonyl (C=O) groups excluding carboxylic acids is 3. The van der Waals surface area contributed by atoms with Crippen molar-refractivity contribution in [3.05, 3.63) is 0 Å². The fourth-order valence-electron chi connectivity index (χ4n) is 2.31. The zero-order valence-corrected chi connectivity index (χ0v) is 11.1. The predicted molar refractivity (Wildman–Crippen MR) is 66.6 cm³/mol. The van der Waals surface area contributed by atoms with E-state index in [0.717, 1.165) is 19.3 Å².